The number of nitriles is 1. The van der Waals surface area contributed by atoms with Crippen LogP contribution in [0.3, 0.4) is 0 Å². The number of nitrogens with two attached hydrogens (primary N) is 1. The van der Waals surface area contributed by atoms with Crippen LogP contribution < -0.4 is 11.1 Å². The van der Waals surface area contributed by atoms with Crippen molar-refractivity contribution in [2.75, 3.05) is 40.5 Å². The fourth-order valence-electron chi connectivity index (χ4n) is 0.457. The van der Waals surface area contributed by atoms with Gasteiger partial charge in [0, 0.05) is 14.2 Å². The van der Waals surface area contributed by atoms with E-state index in [1.165, 1.54) is 7.11 Å². The number of hydrogen-bond acceptors (Lipinski definition) is 5. The van der Waals surface area contributed by atoms with E-state index >= 15 is 0 Å². The van der Waals surface area contributed by atoms with Gasteiger partial charge in [0.25, 0.3) is 0 Å². The molecule has 0 amide bonds. The smallest absolute Gasteiger partial charge is 0.133 e. The lowest BCUT2D eigenvalue weighted by Gasteiger charge is -1.88. The van der Waals surface area contributed by atoms with Crippen LogP contribution in [0.1, 0.15) is 13.8 Å². The quantitative estimate of drug-likeness (QED) is 0.727. The molecule has 0 aromatic rings. The number of nitrogens with one attached hydrogen (secondary N) is 1. The van der Waals surface area contributed by atoms with E-state index in [0.717, 1.165) is 13.1 Å². The van der Waals surface area contributed by atoms with Crippen LogP contribution >= 0.6 is 25.7 Å². The molecule has 3 N–H and O–H groups in total. The van der Waals surface area contributed by atoms with E-state index in [1.807, 2.05) is 0 Å². The van der Waals surface area contributed by atoms with E-state index in [-0.39, 0.29) is 20.1 Å². The topological polar surface area (TPSA) is 80.3 Å². The van der Waals surface area contributed by atoms with Crippen molar-refractivity contribution in [2.24, 2.45) is 5.73 Å². The number of hydrogen-bond donors (Lipinski definition) is 2. The fraction of sp³-hybridized carbons (Fsp3) is 0.800. The van der Waals surface area contributed by atoms with Crippen molar-refractivity contribution in [3.05, 3.63) is 0 Å². The summed E-state index contributed by atoms with van der Waals surface area (Å²) in [6, 6.07) is 1.80. The van der Waals surface area contributed by atoms with Gasteiger partial charge in [-0.3, -0.25) is 0 Å². The highest BCUT2D eigenvalue weighted by Gasteiger charge is 1.78. The van der Waals surface area contributed by atoms with Crippen molar-refractivity contribution < 1.29 is 9.47 Å². The summed E-state index contributed by atoms with van der Waals surface area (Å²) in [6.07, 6.45) is 0. The van der Waals surface area contributed by atoms with E-state index in [2.05, 4.69) is 40.9 Å². The summed E-state index contributed by atoms with van der Waals surface area (Å²) in [5.41, 5.74) is 5.01. The van der Waals surface area contributed by atoms with Crippen LogP contribution in [-0.4, -0.2) is 45.5 Å². The minimum Gasteiger partial charge on any atom is -0.391 e. The lowest BCUT2D eigenvalue weighted by Crippen LogP contribution is -2.13. The second-order valence-electron chi connectivity index (χ2n) is 2.45. The summed E-state index contributed by atoms with van der Waals surface area (Å²) in [4.78, 5) is 0.400. The number of nitrogens with zero attached hydrogens (tertiary/aromatic N) is 1. The third kappa shape index (κ3) is 66.2. The molecule has 0 aromatic carbocycles. The highest BCUT2D eigenvalue weighted by Crippen LogP contribution is 1.64. The summed E-state index contributed by atoms with van der Waals surface area (Å²) in [5.74, 6) is 0. The molecule has 0 saturated heterocycles. The van der Waals surface area contributed by atoms with Crippen molar-refractivity contribution in [3.63, 3.8) is 0 Å². The normalized spacial score (nSPS) is 7.24. The van der Waals surface area contributed by atoms with Gasteiger partial charge in [-0.2, -0.15) is 18.8 Å². The number of methoxy groups -OCH3 is 2. The second-order valence-corrected chi connectivity index (χ2v) is 2.97. The predicted molar refractivity (Wildman–Crippen MR) is 80.7 cm³/mol. The van der Waals surface area contributed by atoms with Crippen LogP contribution in [0.25, 0.3) is 0 Å². The lowest BCUT2D eigenvalue weighted by molar-refractivity contribution is 0.238. The Labute approximate surface area is 117 Å². The first-order chi connectivity index (χ1) is 7.60. The third-order valence-electron chi connectivity index (χ3n) is 0.995. The Kier molecular flexibility index (Phi) is 44.3. The van der Waals surface area contributed by atoms with Gasteiger partial charge in [-0.1, -0.05) is 26.1 Å². The first kappa shape index (κ1) is 25.5. The first-order valence-electron chi connectivity index (χ1n) is 4.94. The summed E-state index contributed by atoms with van der Waals surface area (Å²) < 4.78 is 8.87. The van der Waals surface area contributed by atoms with Crippen LogP contribution in [-0.2, 0) is 9.47 Å². The zero-order chi connectivity index (χ0) is 13.2. The molecule has 0 radical (unpaired) electrons. The molecule has 0 aliphatic heterocycles. The van der Waals surface area contributed by atoms with Gasteiger partial charge in [0.1, 0.15) is 6.61 Å². The largest absolute Gasteiger partial charge is 0.391 e. The Bertz CT molecular complexity index is 173. The molecule has 104 valence electrons. The van der Waals surface area contributed by atoms with E-state index in [1.54, 1.807) is 13.2 Å². The highest BCUT2D eigenvalue weighted by atomic mass is 32.1. The third-order valence-corrected chi connectivity index (χ3v) is 1.11. The van der Waals surface area contributed by atoms with E-state index in [4.69, 9.17) is 11.0 Å². The minimum absolute atomic E-state index is 0. The standard InChI is InChI=1S/C4H11N.C3H7NOS.C3H5NO.H2S/c1-3-5-4-2;1-5-2-3(4)6;1-5-3-2-4;/h5H,3-4H2,1-2H3;2H2,1H3,(H2,4,6);3H2,1H3;1H2. The fourth-order valence-corrected chi connectivity index (χ4v) is 0.575. The van der Waals surface area contributed by atoms with Gasteiger partial charge in [0.05, 0.1) is 17.7 Å². The van der Waals surface area contributed by atoms with Crippen LogP contribution in [0.5, 0.6) is 0 Å². The molecule has 0 aliphatic carbocycles. The van der Waals surface area contributed by atoms with E-state index in [0.29, 0.717) is 11.6 Å². The van der Waals surface area contributed by atoms with Gasteiger partial charge < -0.3 is 20.5 Å². The lowest BCUT2D eigenvalue weighted by atomic mass is 10.7. The van der Waals surface area contributed by atoms with Gasteiger partial charge in [0.15, 0.2) is 0 Å². The van der Waals surface area contributed by atoms with E-state index < -0.39 is 0 Å². The monoisotopic (exact) mass is 283 g/mol. The van der Waals surface area contributed by atoms with Gasteiger partial charge in [-0.15, -0.1) is 0 Å². The zero-order valence-corrected chi connectivity index (χ0v) is 12.9. The maximum atomic E-state index is 7.69. The molecular formula is C10H25N3O2S2. The van der Waals surface area contributed by atoms with Gasteiger partial charge in [-0.25, -0.2) is 0 Å². The Balaban J connectivity index is -0.0000000729. The Morgan fingerprint density at radius 1 is 1.29 bits per heavy atom. The molecule has 17 heavy (non-hydrogen) atoms. The Morgan fingerprint density at radius 3 is 1.76 bits per heavy atom. The molecule has 0 fully saturated rings. The molecule has 0 unspecified atom stereocenters. The maximum absolute atomic E-state index is 7.69. The molecule has 0 saturated carbocycles. The molecular weight excluding hydrogens is 258 g/mol. The molecule has 0 bridgehead atoms. The van der Waals surface area contributed by atoms with Crippen LogP contribution in [0.4, 0.5) is 0 Å². The second kappa shape index (κ2) is 29.6. The van der Waals surface area contributed by atoms with Gasteiger partial charge in [0.2, 0.25) is 0 Å². The van der Waals surface area contributed by atoms with Crippen molar-refractivity contribution in [1.29, 1.82) is 5.26 Å². The summed E-state index contributed by atoms with van der Waals surface area (Å²) >= 11 is 4.45. The van der Waals surface area contributed by atoms with Crippen molar-refractivity contribution in [1.82, 2.24) is 5.32 Å². The molecule has 7 heteroatoms. The Morgan fingerprint density at radius 2 is 1.76 bits per heavy atom. The number of ether oxygens (including phenoxy) is 2. The molecule has 0 heterocycles. The number of thiocarbonyl (C=S) groups is 1. The van der Waals surface area contributed by atoms with Gasteiger partial charge in [-0.05, 0) is 13.1 Å². The SMILES string of the molecule is CCNCC.COCC#N.COCC(N)=S.S. The average molecular weight is 283 g/mol. The highest BCUT2D eigenvalue weighted by molar-refractivity contribution is 7.80. The van der Waals surface area contributed by atoms with Crippen molar-refractivity contribution >= 4 is 30.7 Å². The van der Waals surface area contributed by atoms with Crippen LogP contribution in [0, 0.1) is 11.3 Å². The van der Waals surface area contributed by atoms with Crippen LogP contribution in [0.2, 0.25) is 0 Å². The summed E-state index contributed by atoms with van der Waals surface area (Å²) in [6.45, 7) is 6.97. The molecule has 0 aliphatic rings. The first-order valence-corrected chi connectivity index (χ1v) is 5.35. The minimum atomic E-state index is 0. The molecule has 0 rings (SSSR count). The predicted octanol–water partition coefficient (Wildman–Crippen LogP) is 0.804. The molecule has 0 atom stereocenters. The molecule has 5 nitrogen and oxygen atoms in total. The zero-order valence-electron chi connectivity index (χ0n) is 11.1. The van der Waals surface area contributed by atoms with Gasteiger partial charge >= 0.3 is 0 Å². The van der Waals surface area contributed by atoms with Crippen LogP contribution in [0.15, 0.2) is 0 Å². The van der Waals surface area contributed by atoms with Crippen molar-refractivity contribution in [3.8, 4) is 6.07 Å². The van der Waals surface area contributed by atoms with E-state index in [9.17, 15) is 0 Å². The summed E-state index contributed by atoms with van der Waals surface area (Å²) in [7, 11) is 3.04. The molecule has 0 spiro atoms. The Hall–Kier alpha value is -0.390. The maximum Gasteiger partial charge on any atom is 0.133 e. The average Bonchev–Trinajstić information content (AvgIpc) is 2.21. The number of rotatable bonds is 5. The summed E-state index contributed by atoms with van der Waals surface area (Å²) in [5, 5.41) is 10.8. The molecule has 0 aromatic heterocycles. The van der Waals surface area contributed by atoms with Crippen molar-refractivity contribution in [2.45, 2.75) is 13.8 Å².